The number of carbonyl (C=O) groups excluding carboxylic acids is 1. The molecule has 0 radical (unpaired) electrons. The lowest BCUT2D eigenvalue weighted by Crippen LogP contribution is -2.22. The summed E-state index contributed by atoms with van der Waals surface area (Å²) in [4.78, 5) is 14.5. The number of rotatable bonds is 3. The maximum atomic E-state index is 11.6. The van der Waals surface area contributed by atoms with Gasteiger partial charge in [0.1, 0.15) is 17.2 Å². The van der Waals surface area contributed by atoms with Crippen molar-refractivity contribution in [2.75, 3.05) is 0 Å². The number of aromatic nitrogens is 1. The third kappa shape index (κ3) is 2.55. The summed E-state index contributed by atoms with van der Waals surface area (Å²) in [6.45, 7) is 2.26. The van der Waals surface area contributed by atoms with Gasteiger partial charge in [0.15, 0.2) is 0 Å². The molecular formula is C11H11BrN2O2. The van der Waals surface area contributed by atoms with Gasteiger partial charge >= 0.3 is 0 Å². The molecule has 2 heterocycles. The molecule has 0 saturated heterocycles. The van der Waals surface area contributed by atoms with Crippen LogP contribution in [0.4, 0.5) is 0 Å². The zero-order valence-electron chi connectivity index (χ0n) is 8.71. The zero-order valence-corrected chi connectivity index (χ0v) is 10.3. The molecule has 0 spiro atoms. The maximum Gasteiger partial charge on any atom is 0.268 e. The molecule has 5 heteroatoms. The van der Waals surface area contributed by atoms with Gasteiger partial charge in [-0.05, 0) is 41.1 Å². The first-order valence-corrected chi connectivity index (χ1v) is 5.62. The summed E-state index contributed by atoms with van der Waals surface area (Å²) in [5, 5.41) is 2.76. The van der Waals surface area contributed by atoms with E-state index in [-0.39, 0.29) is 5.91 Å². The zero-order chi connectivity index (χ0) is 11.5. The second kappa shape index (κ2) is 4.57. The van der Waals surface area contributed by atoms with Crippen LogP contribution in [-0.4, -0.2) is 10.9 Å². The molecule has 0 unspecified atom stereocenters. The van der Waals surface area contributed by atoms with Crippen molar-refractivity contribution in [1.82, 2.24) is 10.3 Å². The molecule has 0 saturated carbocycles. The number of aromatic amines is 1. The van der Waals surface area contributed by atoms with Crippen LogP contribution in [0.5, 0.6) is 0 Å². The van der Waals surface area contributed by atoms with Crippen molar-refractivity contribution >= 4 is 21.8 Å². The lowest BCUT2D eigenvalue weighted by Gasteiger charge is -2.00. The minimum atomic E-state index is -0.153. The van der Waals surface area contributed by atoms with Gasteiger partial charge in [0, 0.05) is 10.7 Å². The van der Waals surface area contributed by atoms with Crippen molar-refractivity contribution in [3.63, 3.8) is 0 Å². The summed E-state index contributed by atoms with van der Waals surface area (Å²) < 4.78 is 6.19. The summed E-state index contributed by atoms with van der Waals surface area (Å²) >= 11 is 3.27. The number of furan rings is 1. The minimum Gasteiger partial charge on any atom is -0.465 e. The van der Waals surface area contributed by atoms with Crippen molar-refractivity contribution in [2.45, 2.75) is 13.5 Å². The summed E-state index contributed by atoms with van der Waals surface area (Å²) in [7, 11) is 0. The van der Waals surface area contributed by atoms with Crippen LogP contribution in [0.25, 0.3) is 0 Å². The Morgan fingerprint density at radius 2 is 2.38 bits per heavy atom. The Hall–Kier alpha value is -1.49. The van der Waals surface area contributed by atoms with Gasteiger partial charge in [-0.1, -0.05) is 0 Å². The van der Waals surface area contributed by atoms with Crippen LogP contribution in [-0.2, 0) is 6.54 Å². The Labute approximate surface area is 101 Å². The smallest absolute Gasteiger partial charge is 0.268 e. The standard InChI is InChI=1S/C11H11BrN2O2/c1-7-2-3-9(16-7)6-14-11(15)10-4-8(12)5-13-10/h2-5,13H,6H2,1H3,(H,14,15). The van der Waals surface area contributed by atoms with Crippen molar-refractivity contribution in [3.05, 3.63) is 46.1 Å². The number of nitrogens with one attached hydrogen (secondary N) is 2. The highest BCUT2D eigenvalue weighted by molar-refractivity contribution is 9.10. The number of carbonyl (C=O) groups is 1. The fraction of sp³-hybridized carbons (Fsp3) is 0.182. The number of halogens is 1. The Bertz CT molecular complexity index is 502. The quantitative estimate of drug-likeness (QED) is 0.909. The second-order valence-corrected chi connectivity index (χ2v) is 4.34. The van der Waals surface area contributed by atoms with E-state index in [9.17, 15) is 4.79 Å². The predicted octanol–water partition coefficient (Wildman–Crippen LogP) is 2.61. The van der Waals surface area contributed by atoms with E-state index in [1.54, 1.807) is 12.3 Å². The number of aryl methyl sites for hydroxylation is 1. The van der Waals surface area contributed by atoms with Crippen molar-refractivity contribution < 1.29 is 9.21 Å². The molecule has 0 atom stereocenters. The van der Waals surface area contributed by atoms with Crippen LogP contribution >= 0.6 is 15.9 Å². The first kappa shape index (κ1) is 11.0. The fourth-order valence-corrected chi connectivity index (χ4v) is 1.69. The van der Waals surface area contributed by atoms with E-state index >= 15 is 0 Å². The Morgan fingerprint density at radius 1 is 1.56 bits per heavy atom. The molecule has 2 aromatic rings. The predicted molar refractivity (Wildman–Crippen MR) is 63.1 cm³/mol. The molecule has 0 aromatic carbocycles. The molecule has 4 nitrogen and oxygen atoms in total. The van der Waals surface area contributed by atoms with E-state index < -0.39 is 0 Å². The van der Waals surface area contributed by atoms with Crippen LogP contribution in [0.1, 0.15) is 22.0 Å². The highest BCUT2D eigenvalue weighted by Crippen LogP contribution is 2.11. The van der Waals surface area contributed by atoms with E-state index in [1.807, 2.05) is 19.1 Å². The first-order chi connectivity index (χ1) is 7.65. The molecule has 0 aliphatic rings. The third-order valence-electron chi connectivity index (χ3n) is 2.11. The van der Waals surface area contributed by atoms with Gasteiger partial charge in [-0.15, -0.1) is 0 Å². The molecule has 2 rings (SSSR count). The molecule has 0 aliphatic heterocycles. The topological polar surface area (TPSA) is 58.0 Å². The normalized spacial score (nSPS) is 10.4. The molecule has 0 aliphatic carbocycles. The lowest BCUT2D eigenvalue weighted by atomic mass is 10.4. The van der Waals surface area contributed by atoms with Crippen molar-refractivity contribution in [1.29, 1.82) is 0 Å². The second-order valence-electron chi connectivity index (χ2n) is 3.43. The van der Waals surface area contributed by atoms with Gasteiger partial charge in [0.2, 0.25) is 0 Å². The largest absolute Gasteiger partial charge is 0.465 e. The average molecular weight is 283 g/mol. The molecule has 2 N–H and O–H groups in total. The molecule has 0 fully saturated rings. The molecule has 16 heavy (non-hydrogen) atoms. The van der Waals surface area contributed by atoms with Crippen LogP contribution in [0, 0.1) is 6.92 Å². The summed E-state index contributed by atoms with van der Waals surface area (Å²) in [6.07, 6.45) is 1.71. The Morgan fingerprint density at radius 3 is 2.94 bits per heavy atom. The van der Waals surface area contributed by atoms with E-state index in [1.165, 1.54) is 0 Å². The molecule has 2 aromatic heterocycles. The van der Waals surface area contributed by atoms with E-state index in [2.05, 4.69) is 26.2 Å². The average Bonchev–Trinajstić information content (AvgIpc) is 2.84. The molecule has 1 amide bonds. The fourth-order valence-electron chi connectivity index (χ4n) is 1.34. The van der Waals surface area contributed by atoms with E-state index in [0.717, 1.165) is 16.0 Å². The van der Waals surface area contributed by atoms with Gasteiger partial charge in [-0.25, -0.2) is 0 Å². The number of hydrogen-bond acceptors (Lipinski definition) is 2. The SMILES string of the molecule is Cc1ccc(CNC(=O)c2cc(Br)c[nH]2)o1. The number of H-pyrrole nitrogens is 1. The van der Waals surface area contributed by atoms with E-state index in [4.69, 9.17) is 4.42 Å². The highest BCUT2D eigenvalue weighted by atomic mass is 79.9. The minimum absolute atomic E-state index is 0.153. The van der Waals surface area contributed by atoms with Gasteiger partial charge in [0.05, 0.1) is 6.54 Å². The molecular weight excluding hydrogens is 272 g/mol. The van der Waals surface area contributed by atoms with Gasteiger partial charge in [-0.3, -0.25) is 4.79 Å². The molecule has 84 valence electrons. The highest BCUT2D eigenvalue weighted by Gasteiger charge is 2.08. The van der Waals surface area contributed by atoms with Crippen LogP contribution < -0.4 is 5.32 Å². The monoisotopic (exact) mass is 282 g/mol. The van der Waals surface area contributed by atoms with Crippen molar-refractivity contribution in [3.8, 4) is 0 Å². The summed E-state index contributed by atoms with van der Waals surface area (Å²) in [5.41, 5.74) is 0.523. The van der Waals surface area contributed by atoms with Crippen LogP contribution in [0.2, 0.25) is 0 Å². The summed E-state index contributed by atoms with van der Waals surface area (Å²) in [6, 6.07) is 5.44. The van der Waals surface area contributed by atoms with Crippen LogP contribution in [0.3, 0.4) is 0 Å². The summed E-state index contributed by atoms with van der Waals surface area (Å²) in [5.74, 6) is 1.43. The Kier molecular flexibility index (Phi) is 3.14. The van der Waals surface area contributed by atoms with Crippen LogP contribution in [0.15, 0.2) is 33.3 Å². The molecule has 0 bridgehead atoms. The first-order valence-electron chi connectivity index (χ1n) is 4.82. The van der Waals surface area contributed by atoms with Gasteiger partial charge < -0.3 is 14.7 Å². The Balaban J connectivity index is 1.93. The van der Waals surface area contributed by atoms with Crippen molar-refractivity contribution in [2.24, 2.45) is 0 Å². The maximum absolute atomic E-state index is 11.6. The van der Waals surface area contributed by atoms with Gasteiger partial charge in [-0.2, -0.15) is 0 Å². The van der Waals surface area contributed by atoms with E-state index in [0.29, 0.717) is 12.2 Å². The third-order valence-corrected chi connectivity index (χ3v) is 2.57. The lowest BCUT2D eigenvalue weighted by molar-refractivity contribution is 0.0943. The number of hydrogen-bond donors (Lipinski definition) is 2. The number of amides is 1. The van der Waals surface area contributed by atoms with Gasteiger partial charge in [0.25, 0.3) is 5.91 Å².